The number of nitrogens with zero attached hydrogens (tertiary/aromatic N) is 1. The zero-order valence-electron chi connectivity index (χ0n) is 21.1. The van der Waals surface area contributed by atoms with E-state index in [1.807, 2.05) is 24.3 Å². The van der Waals surface area contributed by atoms with Crippen molar-refractivity contribution in [2.24, 2.45) is 0 Å². The van der Waals surface area contributed by atoms with Crippen molar-refractivity contribution in [2.45, 2.75) is 6.54 Å². The average molecular weight is 530 g/mol. The van der Waals surface area contributed by atoms with Crippen LogP contribution in [0.5, 0.6) is 0 Å². The van der Waals surface area contributed by atoms with Gasteiger partial charge >= 0.3 is 0 Å². The monoisotopic (exact) mass is 529 g/mol. The first kappa shape index (κ1) is 27.4. The summed E-state index contributed by atoms with van der Waals surface area (Å²) in [4.78, 5) is 38.6. The Labute approximate surface area is 225 Å². The molecule has 39 heavy (non-hydrogen) atoms. The number of hydroxylamine groups is 1. The first-order chi connectivity index (χ1) is 18.9. The molecule has 8 nitrogen and oxygen atoms in total. The van der Waals surface area contributed by atoms with Gasteiger partial charge in [0.2, 0.25) is 5.91 Å². The number of hydrogen-bond acceptors (Lipinski definition) is 5. The number of halogens is 1. The van der Waals surface area contributed by atoms with E-state index in [2.05, 4.69) is 5.32 Å². The van der Waals surface area contributed by atoms with Gasteiger partial charge in [0.1, 0.15) is 5.82 Å². The van der Waals surface area contributed by atoms with Crippen LogP contribution in [0.4, 0.5) is 4.39 Å². The molecule has 0 aliphatic carbocycles. The fourth-order valence-electron chi connectivity index (χ4n) is 3.96. The van der Waals surface area contributed by atoms with E-state index in [1.165, 1.54) is 18.2 Å². The number of hydrogen-bond donors (Lipinski definition) is 3. The van der Waals surface area contributed by atoms with E-state index in [9.17, 15) is 18.8 Å². The fourth-order valence-corrected chi connectivity index (χ4v) is 3.96. The van der Waals surface area contributed by atoms with Crippen molar-refractivity contribution < 1.29 is 28.7 Å². The number of carbonyl (C=O) groups excluding carboxylic acids is 3. The van der Waals surface area contributed by atoms with Crippen LogP contribution in [-0.4, -0.2) is 54.1 Å². The number of rotatable bonds is 8. The van der Waals surface area contributed by atoms with Gasteiger partial charge in [0, 0.05) is 36.8 Å². The van der Waals surface area contributed by atoms with Crippen LogP contribution in [0.25, 0.3) is 17.7 Å². The maximum absolute atomic E-state index is 13.5. The topological polar surface area (TPSA) is 108 Å². The summed E-state index contributed by atoms with van der Waals surface area (Å²) in [6.07, 6.45) is 4.88. The van der Waals surface area contributed by atoms with Gasteiger partial charge in [0.25, 0.3) is 11.8 Å². The lowest BCUT2D eigenvalue weighted by molar-refractivity contribution is -0.128. The van der Waals surface area contributed by atoms with E-state index in [4.69, 9.17) is 9.94 Å². The number of benzene rings is 3. The van der Waals surface area contributed by atoms with Crippen LogP contribution in [0.3, 0.4) is 0 Å². The molecule has 0 unspecified atom stereocenters. The van der Waals surface area contributed by atoms with Crippen LogP contribution in [0.2, 0.25) is 0 Å². The molecule has 3 aromatic rings. The van der Waals surface area contributed by atoms with Crippen molar-refractivity contribution in [3.63, 3.8) is 0 Å². The van der Waals surface area contributed by atoms with Crippen molar-refractivity contribution in [1.82, 2.24) is 15.7 Å². The highest BCUT2D eigenvalue weighted by Gasteiger charge is 2.22. The Kier molecular flexibility index (Phi) is 9.34. The van der Waals surface area contributed by atoms with E-state index in [0.717, 1.165) is 16.7 Å². The van der Waals surface area contributed by atoms with Crippen LogP contribution in [0, 0.1) is 5.82 Å². The van der Waals surface area contributed by atoms with Gasteiger partial charge in [0.05, 0.1) is 13.2 Å². The van der Waals surface area contributed by atoms with Crippen LogP contribution >= 0.6 is 0 Å². The molecule has 200 valence electrons. The van der Waals surface area contributed by atoms with E-state index in [1.54, 1.807) is 58.9 Å². The van der Waals surface area contributed by atoms with Crippen molar-refractivity contribution in [3.05, 3.63) is 113 Å². The molecule has 0 radical (unpaired) electrons. The summed E-state index contributed by atoms with van der Waals surface area (Å²) < 4.78 is 18.9. The van der Waals surface area contributed by atoms with Gasteiger partial charge in [-0.1, -0.05) is 48.5 Å². The largest absolute Gasteiger partial charge is 0.378 e. The summed E-state index contributed by atoms with van der Waals surface area (Å²) in [5.41, 5.74) is 5.34. The molecule has 0 spiro atoms. The standard InChI is InChI=1S/C30H28FN3O5/c31-26-12-10-24(11-13-26)27(30(37)34-15-17-39-18-16-34)19-22-3-1-21(2-4-22)7-14-28(35)32-20-23-5-8-25(9-6-23)29(36)33-38/h1-14,19,38H,15-18,20H2,(H,32,35)(H,33,36)/b14-7+,27-19+. The number of ether oxygens (including phenoxy) is 1. The van der Waals surface area contributed by atoms with Gasteiger partial charge in [0.15, 0.2) is 0 Å². The zero-order valence-corrected chi connectivity index (χ0v) is 21.1. The molecule has 3 N–H and O–H groups in total. The minimum absolute atomic E-state index is 0.142. The summed E-state index contributed by atoms with van der Waals surface area (Å²) >= 11 is 0. The lowest BCUT2D eigenvalue weighted by atomic mass is 10.0. The summed E-state index contributed by atoms with van der Waals surface area (Å²) in [5, 5.41) is 11.4. The Bertz CT molecular complexity index is 1360. The van der Waals surface area contributed by atoms with Gasteiger partial charge in [-0.25, -0.2) is 9.87 Å². The second kappa shape index (κ2) is 13.3. The molecule has 0 saturated carbocycles. The lowest BCUT2D eigenvalue weighted by Crippen LogP contribution is -2.41. The van der Waals surface area contributed by atoms with Gasteiger partial charge in [-0.15, -0.1) is 0 Å². The number of carbonyl (C=O) groups is 3. The van der Waals surface area contributed by atoms with Gasteiger partial charge < -0.3 is 15.0 Å². The lowest BCUT2D eigenvalue weighted by Gasteiger charge is -2.28. The smallest absolute Gasteiger partial charge is 0.274 e. The maximum atomic E-state index is 13.5. The molecule has 1 aliphatic rings. The first-order valence-electron chi connectivity index (χ1n) is 12.4. The summed E-state index contributed by atoms with van der Waals surface area (Å²) in [7, 11) is 0. The second-order valence-corrected chi connectivity index (χ2v) is 8.83. The van der Waals surface area contributed by atoms with E-state index in [-0.39, 0.29) is 24.2 Å². The summed E-state index contributed by atoms with van der Waals surface area (Å²) in [5.74, 6) is -1.41. The number of morpholine rings is 1. The minimum atomic E-state index is -0.606. The third-order valence-corrected chi connectivity index (χ3v) is 6.14. The molecule has 0 bridgehead atoms. The molecule has 1 saturated heterocycles. The Balaban J connectivity index is 1.41. The first-order valence-corrected chi connectivity index (χ1v) is 12.4. The molecule has 9 heteroatoms. The summed E-state index contributed by atoms with van der Waals surface area (Å²) in [6.45, 7) is 2.22. The highest BCUT2D eigenvalue weighted by Crippen LogP contribution is 2.22. The minimum Gasteiger partial charge on any atom is -0.378 e. The molecular weight excluding hydrogens is 501 g/mol. The van der Waals surface area contributed by atoms with Gasteiger partial charge in [-0.05, 0) is 58.7 Å². The summed E-state index contributed by atoms with van der Waals surface area (Å²) in [6, 6.07) is 19.7. The van der Waals surface area contributed by atoms with Crippen molar-refractivity contribution >= 4 is 35.4 Å². The molecule has 1 fully saturated rings. The van der Waals surface area contributed by atoms with Crippen LogP contribution < -0.4 is 10.8 Å². The van der Waals surface area contributed by atoms with Crippen molar-refractivity contribution in [1.29, 1.82) is 0 Å². The normalized spacial score (nSPS) is 13.8. The highest BCUT2D eigenvalue weighted by atomic mass is 19.1. The quantitative estimate of drug-likeness (QED) is 0.179. The molecule has 0 atom stereocenters. The Morgan fingerprint density at radius 1 is 0.872 bits per heavy atom. The predicted molar refractivity (Wildman–Crippen MR) is 145 cm³/mol. The SMILES string of the molecule is O=C(/C=C/c1ccc(/C=C(/C(=O)N2CCOCC2)c2ccc(F)cc2)cc1)NCc1ccc(C(=O)NO)cc1. The number of amides is 3. The van der Waals surface area contributed by atoms with Gasteiger partial charge in [-0.3, -0.25) is 19.6 Å². The van der Waals surface area contributed by atoms with E-state index >= 15 is 0 Å². The maximum Gasteiger partial charge on any atom is 0.274 e. The van der Waals surface area contributed by atoms with Crippen molar-refractivity contribution in [2.75, 3.05) is 26.3 Å². The second-order valence-electron chi connectivity index (χ2n) is 8.83. The molecule has 3 amide bonds. The predicted octanol–water partition coefficient (Wildman–Crippen LogP) is 3.67. The molecule has 3 aromatic carbocycles. The van der Waals surface area contributed by atoms with Gasteiger partial charge in [-0.2, -0.15) is 0 Å². The average Bonchev–Trinajstić information content (AvgIpc) is 2.99. The Morgan fingerprint density at radius 2 is 1.49 bits per heavy atom. The highest BCUT2D eigenvalue weighted by molar-refractivity contribution is 6.24. The molecule has 4 rings (SSSR count). The molecule has 1 aliphatic heterocycles. The third kappa shape index (κ3) is 7.70. The van der Waals surface area contributed by atoms with E-state index < -0.39 is 5.91 Å². The molecule has 1 heterocycles. The van der Waals surface area contributed by atoms with Crippen molar-refractivity contribution in [3.8, 4) is 0 Å². The van der Waals surface area contributed by atoms with E-state index in [0.29, 0.717) is 43.0 Å². The fraction of sp³-hybridized carbons (Fsp3) is 0.167. The molecule has 0 aromatic heterocycles. The Morgan fingerprint density at radius 3 is 2.13 bits per heavy atom. The van der Waals surface area contributed by atoms with Crippen LogP contribution in [0.15, 0.2) is 78.9 Å². The van der Waals surface area contributed by atoms with Crippen LogP contribution in [-0.2, 0) is 20.9 Å². The zero-order chi connectivity index (χ0) is 27.6. The van der Waals surface area contributed by atoms with Crippen LogP contribution in [0.1, 0.15) is 32.6 Å². The molecular formula is C30H28FN3O5. The third-order valence-electron chi connectivity index (χ3n) is 6.14. The Hall–Kier alpha value is -4.60. The number of nitrogens with one attached hydrogen (secondary N) is 2.